The van der Waals surface area contributed by atoms with Crippen LogP contribution in [-0.2, 0) is 15.0 Å². The van der Waals surface area contributed by atoms with E-state index in [4.69, 9.17) is 4.74 Å². The molecule has 0 aliphatic carbocycles. The maximum atomic E-state index is 12.7. The third-order valence-corrected chi connectivity index (χ3v) is 6.58. The summed E-state index contributed by atoms with van der Waals surface area (Å²) in [6, 6.07) is 13.6. The molecule has 8 nitrogen and oxygen atoms in total. The molecule has 2 aromatic rings. The van der Waals surface area contributed by atoms with Crippen LogP contribution in [0.3, 0.4) is 0 Å². The van der Waals surface area contributed by atoms with Crippen LogP contribution in [0.15, 0.2) is 53.4 Å². The minimum Gasteiger partial charge on any atom is -0.497 e. The van der Waals surface area contributed by atoms with E-state index in [2.05, 4.69) is 31.4 Å². The van der Waals surface area contributed by atoms with Gasteiger partial charge in [0.1, 0.15) is 11.8 Å². The van der Waals surface area contributed by atoms with Gasteiger partial charge in [-0.15, -0.1) is 0 Å². The molecule has 9 heteroatoms. The first-order valence-electron chi connectivity index (χ1n) is 11.6. The van der Waals surface area contributed by atoms with Gasteiger partial charge in [0, 0.05) is 18.7 Å². The molecule has 0 saturated carbocycles. The van der Waals surface area contributed by atoms with Gasteiger partial charge in [-0.1, -0.05) is 45.0 Å². The third kappa shape index (κ3) is 6.75. The zero-order valence-corrected chi connectivity index (χ0v) is 21.9. The first-order chi connectivity index (χ1) is 17.0. The van der Waals surface area contributed by atoms with Crippen molar-refractivity contribution in [2.45, 2.75) is 39.2 Å². The van der Waals surface area contributed by atoms with Crippen LogP contribution in [0.1, 0.15) is 49.2 Å². The smallest absolute Gasteiger partial charge is 0.293 e. The van der Waals surface area contributed by atoms with E-state index >= 15 is 0 Å². The number of carbonyl (C=O) groups excluding carboxylic acids is 4. The van der Waals surface area contributed by atoms with Gasteiger partial charge < -0.3 is 15.4 Å². The summed E-state index contributed by atoms with van der Waals surface area (Å²) < 4.78 is 5.12. The van der Waals surface area contributed by atoms with E-state index in [9.17, 15) is 19.2 Å². The number of methoxy groups -OCH3 is 1. The van der Waals surface area contributed by atoms with Crippen molar-refractivity contribution in [3.63, 3.8) is 0 Å². The molecular formula is C27H31N3O5S. The predicted molar refractivity (Wildman–Crippen MR) is 141 cm³/mol. The van der Waals surface area contributed by atoms with Crippen LogP contribution < -0.4 is 15.4 Å². The summed E-state index contributed by atoms with van der Waals surface area (Å²) in [5.74, 6) is -0.474. The van der Waals surface area contributed by atoms with E-state index < -0.39 is 23.1 Å². The lowest BCUT2D eigenvalue weighted by molar-refractivity contribution is -0.124. The Kier molecular flexibility index (Phi) is 8.57. The number of benzene rings is 2. The lowest BCUT2D eigenvalue weighted by atomic mass is 9.86. The van der Waals surface area contributed by atoms with Crippen molar-refractivity contribution >= 4 is 40.8 Å². The van der Waals surface area contributed by atoms with E-state index in [-0.39, 0.29) is 24.4 Å². The topological polar surface area (TPSA) is 105 Å². The second kappa shape index (κ2) is 11.4. The molecular weight excluding hydrogens is 478 g/mol. The van der Waals surface area contributed by atoms with Gasteiger partial charge >= 0.3 is 0 Å². The zero-order valence-electron chi connectivity index (χ0n) is 21.1. The van der Waals surface area contributed by atoms with Gasteiger partial charge in [0.2, 0.25) is 5.91 Å². The molecule has 3 rings (SSSR count). The highest BCUT2D eigenvalue weighted by molar-refractivity contribution is 8.18. The highest BCUT2D eigenvalue weighted by Gasteiger charge is 2.34. The van der Waals surface area contributed by atoms with E-state index in [1.165, 1.54) is 0 Å². The molecule has 4 amide bonds. The number of carbonyl (C=O) groups is 4. The van der Waals surface area contributed by atoms with Crippen molar-refractivity contribution in [2.24, 2.45) is 0 Å². The van der Waals surface area contributed by atoms with Crippen molar-refractivity contribution in [3.05, 3.63) is 70.1 Å². The van der Waals surface area contributed by atoms with Gasteiger partial charge in [0.05, 0.1) is 12.0 Å². The molecule has 1 atom stereocenters. The molecule has 1 aliphatic rings. The second-order valence-corrected chi connectivity index (χ2v) is 10.4. The number of hydrogen-bond acceptors (Lipinski definition) is 6. The lowest BCUT2D eigenvalue weighted by Crippen LogP contribution is -2.47. The van der Waals surface area contributed by atoms with Crippen molar-refractivity contribution in [1.82, 2.24) is 15.5 Å². The lowest BCUT2D eigenvalue weighted by Gasteiger charge is -2.19. The molecule has 0 bridgehead atoms. The van der Waals surface area contributed by atoms with Crippen LogP contribution in [0.2, 0.25) is 0 Å². The Morgan fingerprint density at radius 3 is 2.28 bits per heavy atom. The highest BCUT2D eigenvalue weighted by atomic mass is 32.2. The van der Waals surface area contributed by atoms with Crippen molar-refractivity contribution in [1.29, 1.82) is 0 Å². The number of ether oxygens (including phenoxy) is 1. The standard InChI is InChI=1S/C27H31N3O5S/c1-17(29-24(32)19-8-10-20(11-9-19)27(2,3)4)23(31)28-14-15-30-25(33)22(36-26(30)34)16-18-6-12-21(35-5)13-7-18/h6-13,16-17H,14-15H2,1-5H3,(H,28,31)(H,29,32). The molecule has 190 valence electrons. The summed E-state index contributed by atoms with van der Waals surface area (Å²) in [4.78, 5) is 51.4. The van der Waals surface area contributed by atoms with Crippen LogP contribution in [0.25, 0.3) is 6.08 Å². The first kappa shape index (κ1) is 27.0. The zero-order chi connectivity index (χ0) is 26.5. The molecule has 36 heavy (non-hydrogen) atoms. The van der Waals surface area contributed by atoms with Gasteiger partial charge in [-0.05, 0) is 65.6 Å². The van der Waals surface area contributed by atoms with E-state index in [1.807, 2.05) is 12.1 Å². The van der Waals surface area contributed by atoms with Gasteiger partial charge in [-0.25, -0.2) is 0 Å². The summed E-state index contributed by atoms with van der Waals surface area (Å²) in [5, 5.41) is 4.95. The maximum absolute atomic E-state index is 12.7. The Labute approximate surface area is 215 Å². The Hall–Kier alpha value is -3.59. The molecule has 1 aliphatic heterocycles. The van der Waals surface area contributed by atoms with E-state index in [0.717, 1.165) is 27.8 Å². The number of hydrogen-bond donors (Lipinski definition) is 2. The number of nitrogens with one attached hydrogen (secondary N) is 2. The molecule has 2 aromatic carbocycles. The Morgan fingerprint density at radius 1 is 1.06 bits per heavy atom. The summed E-state index contributed by atoms with van der Waals surface area (Å²) in [5.41, 5.74) is 2.32. The molecule has 1 fully saturated rings. The molecule has 1 heterocycles. The number of nitrogens with zero attached hydrogens (tertiary/aromatic N) is 1. The minimum atomic E-state index is -0.787. The number of amides is 4. The van der Waals surface area contributed by atoms with Crippen LogP contribution in [0.5, 0.6) is 5.75 Å². The Morgan fingerprint density at radius 2 is 1.69 bits per heavy atom. The monoisotopic (exact) mass is 509 g/mol. The quantitative estimate of drug-likeness (QED) is 0.522. The normalized spacial score (nSPS) is 15.7. The van der Waals surface area contributed by atoms with Crippen LogP contribution in [0, 0.1) is 0 Å². The summed E-state index contributed by atoms with van der Waals surface area (Å²) in [6.45, 7) is 7.96. The summed E-state index contributed by atoms with van der Waals surface area (Å²) >= 11 is 0.858. The molecule has 2 N–H and O–H groups in total. The van der Waals surface area contributed by atoms with Gasteiger partial charge in [0.25, 0.3) is 17.1 Å². The third-order valence-electron chi connectivity index (χ3n) is 5.68. The summed E-state index contributed by atoms with van der Waals surface area (Å²) in [7, 11) is 1.57. The molecule has 0 radical (unpaired) electrons. The first-order valence-corrected chi connectivity index (χ1v) is 12.4. The van der Waals surface area contributed by atoms with Gasteiger partial charge in [-0.3, -0.25) is 24.1 Å². The second-order valence-electron chi connectivity index (χ2n) is 9.42. The van der Waals surface area contributed by atoms with Crippen LogP contribution >= 0.6 is 11.8 Å². The molecule has 1 saturated heterocycles. The van der Waals surface area contributed by atoms with Crippen molar-refractivity contribution in [2.75, 3.05) is 20.2 Å². The molecule has 1 unspecified atom stereocenters. The molecule has 0 spiro atoms. The summed E-state index contributed by atoms with van der Waals surface area (Å²) in [6.07, 6.45) is 1.65. The predicted octanol–water partition coefficient (Wildman–Crippen LogP) is 3.96. The Bertz CT molecular complexity index is 1170. The highest BCUT2D eigenvalue weighted by Crippen LogP contribution is 2.32. The van der Waals surface area contributed by atoms with Gasteiger partial charge in [0.15, 0.2) is 0 Å². The average molecular weight is 510 g/mol. The number of imide groups is 1. The largest absolute Gasteiger partial charge is 0.497 e. The number of thioether (sulfide) groups is 1. The number of rotatable bonds is 8. The van der Waals surface area contributed by atoms with Gasteiger partial charge in [-0.2, -0.15) is 0 Å². The van der Waals surface area contributed by atoms with Crippen molar-refractivity contribution in [3.8, 4) is 5.75 Å². The van der Waals surface area contributed by atoms with Crippen LogP contribution in [0.4, 0.5) is 4.79 Å². The fourth-order valence-corrected chi connectivity index (χ4v) is 4.32. The maximum Gasteiger partial charge on any atom is 0.293 e. The molecule has 0 aromatic heterocycles. The SMILES string of the molecule is COc1ccc(C=C2SC(=O)N(CCNC(=O)C(C)NC(=O)c3ccc(C(C)(C)C)cc3)C2=O)cc1. The fourth-order valence-electron chi connectivity index (χ4n) is 3.46. The Balaban J connectivity index is 1.49. The average Bonchev–Trinajstić information content (AvgIpc) is 3.11. The van der Waals surface area contributed by atoms with E-state index in [1.54, 1.807) is 56.5 Å². The minimum absolute atomic E-state index is 0.0228. The fraction of sp³-hybridized carbons (Fsp3) is 0.333. The van der Waals surface area contributed by atoms with E-state index in [0.29, 0.717) is 16.2 Å². The van der Waals surface area contributed by atoms with Crippen molar-refractivity contribution < 1.29 is 23.9 Å². The van der Waals surface area contributed by atoms with Crippen LogP contribution in [-0.4, -0.2) is 54.1 Å².